The minimum absolute atomic E-state index is 0.0912. The molecule has 0 unspecified atom stereocenters. The number of hydrogen-bond acceptors (Lipinski definition) is 1. The number of aldehydes is 1. The van der Waals surface area contributed by atoms with Crippen LogP contribution in [0.5, 0.6) is 0 Å². The van der Waals surface area contributed by atoms with Gasteiger partial charge in [-0.05, 0) is 48.9 Å². The fourth-order valence-corrected chi connectivity index (χ4v) is 2.35. The smallest absolute Gasteiger partial charge is 0.167 e. The summed E-state index contributed by atoms with van der Waals surface area (Å²) in [7, 11) is 0. The molecule has 0 bridgehead atoms. The maximum absolute atomic E-state index is 13.9. The predicted molar refractivity (Wildman–Crippen MR) is 72.9 cm³/mol. The van der Waals surface area contributed by atoms with Gasteiger partial charge in [-0.15, -0.1) is 0 Å². The number of pyridine rings is 1. The molecule has 0 spiro atoms. The van der Waals surface area contributed by atoms with Gasteiger partial charge in [0.2, 0.25) is 0 Å². The number of aryl methyl sites for hydroxylation is 1. The lowest BCUT2D eigenvalue weighted by Gasteiger charge is -2.03. The molecule has 0 saturated heterocycles. The minimum Gasteiger partial charge on any atom is -0.314 e. The van der Waals surface area contributed by atoms with Crippen molar-refractivity contribution < 1.29 is 13.6 Å². The monoisotopic (exact) mass is 271 g/mol. The highest BCUT2D eigenvalue weighted by atomic mass is 19.1. The van der Waals surface area contributed by atoms with Crippen LogP contribution in [0.1, 0.15) is 16.1 Å². The zero-order chi connectivity index (χ0) is 14.3. The second-order valence-corrected chi connectivity index (χ2v) is 4.68. The van der Waals surface area contributed by atoms with Crippen LogP contribution in [0, 0.1) is 18.6 Å². The number of halogens is 2. The van der Waals surface area contributed by atoms with Gasteiger partial charge in [0, 0.05) is 22.8 Å². The normalized spacial score (nSPS) is 10.9. The van der Waals surface area contributed by atoms with Crippen molar-refractivity contribution in [2.45, 2.75) is 6.92 Å². The largest absolute Gasteiger partial charge is 0.314 e. The molecule has 2 heterocycles. The van der Waals surface area contributed by atoms with Gasteiger partial charge in [0.15, 0.2) is 6.29 Å². The van der Waals surface area contributed by atoms with Crippen molar-refractivity contribution in [2.75, 3.05) is 0 Å². The summed E-state index contributed by atoms with van der Waals surface area (Å²) in [4.78, 5) is 11.3. The minimum atomic E-state index is -0.554. The number of carbonyl (C=O) groups excluding carboxylic acids is 1. The van der Waals surface area contributed by atoms with Gasteiger partial charge >= 0.3 is 0 Å². The lowest BCUT2D eigenvalue weighted by molar-refractivity contribution is 0.111. The molecule has 2 nitrogen and oxygen atoms in total. The Morgan fingerprint density at radius 1 is 1.05 bits per heavy atom. The van der Waals surface area contributed by atoms with Crippen LogP contribution in [0.15, 0.2) is 42.6 Å². The summed E-state index contributed by atoms with van der Waals surface area (Å²) in [6, 6.07) is 8.64. The van der Waals surface area contributed by atoms with E-state index in [1.807, 2.05) is 19.1 Å². The molecular formula is C16H11F2NO. The highest BCUT2D eigenvalue weighted by Gasteiger charge is 2.15. The van der Waals surface area contributed by atoms with E-state index in [1.165, 1.54) is 0 Å². The van der Waals surface area contributed by atoms with Crippen molar-refractivity contribution in [3.8, 4) is 11.1 Å². The molecule has 3 aromatic rings. The first-order valence-corrected chi connectivity index (χ1v) is 6.12. The molecule has 0 aliphatic rings. The van der Waals surface area contributed by atoms with Crippen LogP contribution in [0.25, 0.3) is 16.6 Å². The number of carbonyl (C=O) groups is 1. The number of fused-ring (bicyclic) bond motifs is 1. The second kappa shape index (κ2) is 4.56. The highest BCUT2D eigenvalue weighted by molar-refractivity contribution is 5.90. The van der Waals surface area contributed by atoms with Gasteiger partial charge in [0.05, 0.1) is 5.69 Å². The molecule has 3 rings (SSSR count). The summed E-state index contributed by atoms with van der Waals surface area (Å²) < 4.78 is 28.9. The molecule has 0 N–H and O–H groups in total. The van der Waals surface area contributed by atoms with Crippen molar-refractivity contribution >= 4 is 11.8 Å². The number of aromatic nitrogens is 1. The van der Waals surface area contributed by atoms with Crippen LogP contribution >= 0.6 is 0 Å². The van der Waals surface area contributed by atoms with E-state index < -0.39 is 11.6 Å². The fraction of sp³-hybridized carbons (Fsp3) is 0.0625. The van der Waals surface area contributed by atoms with Gasteiger partial charge in [0.1, 0.15) is 11.6 Å². The molecule has 0 saturated carbocycles. The summed E-state index contributed by atoms with van der Waals surface area (Å²) in [5.41, 5.74) is 2.59. The molecule has 0 radical (unpaired) electrons. The lowest BCUT2D eigenvalue weighted by Crippen LogP contribution is -1.94. The molecule has 2 aromatic heterocycles. The van der Waals surface area contributed by atoms with E-state index in [1.54, 1.807) is 16.7 Å². The molecule has 20 heavy (non-hydrogen) atoms. The Hall–Kier alpha value is -2.49. The topological polar surface area (TPSA) is 21.5 Å². The third-order valence-electron chi connectivity index (χ3n) is 3.30. The van der Waals surface area contributed by atoms with Crippen LogP contribution in [-0.2, 0) is 0 Å². The van der Waals surface area contributed by atoms with Crippen LogP contribution in [0.3, 0.4) is 0 Å². The maximum Gasteiger partial charge on any atom is 0.167 e. The summed E-state index contributed by atoms with van der Waals surface area (Å²) in [6.07, 6.45) is 2.40. The zero-order valence-electron chi connectivity index (χ0n) is 10.7. The summed E-state index contributed by atoms with van der Waals surface area (Å²) in [5, 5.41) is 0. The van der Waals surface area contributed by atoms with E-state index in [9.17, 15) is 13.6 Å². The van der Waals surface area contributed by atoms with E-state index in [0.29, 0.717) is 17.5 Å². The first-order valence-electron chi connectivity index (χ1n) is 6.12. The van der Waals surface area contributed by atoms with E-state index >= 15 is 0 Å². The molecule has 0 aliphatic heterocycles. The van der Waals surface area contributed by atoms with Crippen LogP contribution < -0.4 is 0 Å². The van der Waals surface area contributed by atoms with Crippen molar-refractivity contribution in [3.05, 3.63) is 65.5 Å². The number of nitrogens with zero attached hydrogens (tertiary/aromatic N) is 1. The first kappa shape index (κ1) is 12.5. The molecular weight excluding hydrogens is 260 g/mol. The fourth-order valence-electron chi connectivity index (χ4n) is 2.35. The Morgan fingerprint density at radius 2 is 1.85 bits per heavy atom. The third-order valence-corrected chi connectivity index (χ3v) is 3.30. The Bertz CT molecular complexity index is 821. The van der Waals surface area contributed by atoms with Crippen LogP contribution in [0.2, 0.25) is 0 Å². The van der Waals surface area contributed by atoms with Crippen LogP contribution in [-0.4, -0.2) is 10.7 Å². The number of hydrogen-bond donors (Lipinski definition) is 0. The molecule has 0 atom stereocenters. The summed E-state index contributed by atoms with van der Waals surface area (Å²) >= 11 is 0. The van der Waals surface area contributed by atoms with Gasteiger partial charge in [-0.1, -0.05) is 0 Å². The lowest BCUT2D eigenvalue weighted by atomic mass is 10.1. The van der Waals surface area contributed by atoms with Crippen molar-refractivity contribution in [1.29, 1.82) is 0 Å². The number of rotatable bonds is 2. The number of benzene rings is 1. The third kappa shape index (κ3) is 1.90. The SMILES string of the molecule is Cc1ccn2c(C=O)c(-c3cc(F)ccc3F)cc2c1. The molecule has 0 fully saturated rings. The molecule has 0 aliphatic carbocycles. The summed E-state index contributed by atoms with van der Waals surface area (Å²) in [5.74, 6) is -1.09. The second-order valence-electron chi connectivity index (χ2n) is 4.68. The van der Waals surface area contributed by atoms with Gasteiger partial charge in [0.25, 0.3) is 0 Å². The van der Waals surface area contributed by atoms with E-state index in [2.05, 4.69) is 0 Å². The quantitative estimate of drug-likeness (QED) is 0.645. The average Bonchev–Trinajstić information content (AvgIpc) is 2.78. The molecule has 0 amide bonds. The van der Waals surface area contributed by atoms with E-state index in [-0.39, 0.29) is 5.56 Å². The van der Waals surface area contributed by atoms with Crippen molar-refractivity contribution in [1.82, 2.24) is 4.40 Å². The zero-order valence-corrected chi connectivity index (χ0v) is 10.7. The van der Waals surface area contributed by atoms with E-state index in [4.69, 9.17) is 0 Å². The Morgan fingerprint density at radius 3 is 2.60 bits per heavy atom. The summed E-state index contributed by atoms with van der Waals surface area (Å²) in [6.45, 7) is 1.93. The average molecular weight is 271 g/mol. The molecule has 1 aromatic carbocycles. The van der Waals surface area contributed by atoms with Crippen LogP contribution in [0.4, 0.5) is 8.78 Å². The standard InChI is InChI=1S/C16H11F2NO/c1-10-4-5-19-12(6-10)8-14(16(19)9-20)13-7-11(17)2-3-15(13)18/h2-9H,1H3. The molecule has 4 heteroatoms. The maximum atomic E-state index is 13.9. The van der Waals surface area contributed by atoms with Gasteiger partial charge in [-0.25, -0.2) is 8.78 Å². The van der Waals surface area contributed by atoms with Gasteiger partial charge in [-0.2, -0.15) is 0 Å². The van der Waals surface area contributed by atoms with E-state index in [0.717, 1.165) is 29.3 Å². The van der Waals surface area contributed by atoms with Crippen molar-refractivity contribution in [3.63, 3.8) is 0 Å². The Balaban J connectivity index is 2.35. The highest BCUT2D eigenvalue weighted by Crippen LogP contribution is 2.29. The predicted octanol–water partition coefficient (Wildman–Crippen LogP) is 4.01. The van der Waals surface area contributed by atoms with Gasteiger partial charge in [-0.3, -0.25) is 4.79 Å². The first-order chi connectivity index (χ1) is 9.60. The Kier molecular flexibility index (Phi) is 2.86. The Labute approximate surface area is 114 Å². The van der Waals surface area contributed by atoms with Crippen molar-refractivity contribution in [2.24, 2.45) is 0 Å². The van der Waals surface area contributed by atoms with Gasteiger partial charge < -0.3 is 4.40 Å². The molecule has 100 valence electrons.